The zero-order chi connectivity index (χ0) is 19.3. The van der Waals surface area contributed by atoms with E-state index < -0.39 is 23.0 Å². The zero-order valence-corrected chi connectivity index (χ0v) is 13.5. The number of H-pyrrole nitrogens is 1. The predicted molar refractivity (Wildman–Crippen MR) is 94.9 cm³/mol. The van der Waals surface area contributed by atoms with Crippen molar-refractivity contribution in [2.75, 3.05) is 5.73 Å². The van der Waals surface area contributed by atoms with Crippen LogP contribution in [-0.4, -0.2) is 14.5 Å². The molecule has 0 bridgehead atoms. The van der Waals surface area contributed by atoms with E-state index >= 15 is 0 Å². The lowest BCUT2D eigenvalue weighted by Gasteiger charge is -2.12. The van der Waals surface area contributed by atoms with Crippen molar-refractivity contribution in [1.29, 1.82) is 0 Å². The molecule has 0 fully saturated rings. The number of halogens is 3. The molecule has 0 aliphatic carbocycles. The van der Waals surface area contributed by atoms with Gasteiger partial charge in [-0.1, -0.05) is 24.3 Å². The molecule has 2 aromatic heterocycles. The van der Waals surface area contributed by atoms with Gasteiger partial charge in [-0.25, -0.2) is 14.3 Å². The topological polar surface area (TPSA) is 93.8 Å². The minimum Gasteiger partial charge on any atom is -0.383 e. The molecular weight excluding hydrogens is 361 g/mol. The number of nitrogens with one attached hydrogen (secondary N) is 1. The molecule has 4 rings (SSSR count). The molecule has 4 aromatic rings. The van der Waals surface area contributed by atoms with E-state index in [1.54, 1.807) is 24.3 Å². The Morgan fingerprint density at radius 3 is 2.41 bits per heavy atom. The summed E-state index contributed by atoms with van der Waals surface area (Å²) in [7, 11) is 0. The van der Waals surface area contributed by atoms with Crippen LogP contribution in [0.4, 0.5) is 19.0 Å². The molecule has 0 spiro atoms. The average molecular weight is 372 g/mol. The van der Waals surface area contributed by atoms with E-state index in [4.69, 9.17) is 5.73 Å². The molecule has 3 N–H and O–H groups in total. The van der Waals surface area contributed by atoms with Gasteiger partial charge >= 0.3 is 11.9 Å². The number of fused-ring (bicyclic) bond motifs is 2. The molecule has 9 heteroatoms. The summed E-state index contributed by atoms with van der Waals surface area (Å²) in [6.45, 7) is 0. The Kier molecular flexibility index (Phi) is 3.55. The fraction of sp³-hybridized carbons (Fsp3) is 0.0556. The number of hydrogen-bond acceptors (Lipinski definition) is 4. The van der Waals surface area contributed by atoms with Crippen molar-refractivity contribution < 1.29 is 13.2 Å². The Bertz CT molecular complexity index is 1320. The Morgan fingerprint density at radius 2 is 1.70 bits per heavy atom. The quantitative estimate of drug-likeness (QED) is 0.537. The SMILES string of the molecule is Nc1ncc(-n2c(=O)[nH]c3ccc(C(F)(F)F)cc3c2=O)c2ccccc12. The van der Waals surface area contributed by atoms with Gasteiger partial charge in [0.15, 0.2) is 0 Å². The van der Waals surface area contributed by atoms with Crippen molar-refractivity contribution in [2.45, 2.75) is 6.18 Å². The summed E-state index contributed by atoms with van der Waals surface area (Å²) in [6, 6.07) is 9.30. The number of benzene rings is 2. The van der Waals surface area contributed by atoms with E-state index in [1.807, 2.05) is 0 Å². The van der Waals surface area contributed by atoms with Crippen molar-refractivity contribution in [2.24, 2.45) is 0 Å². The molecule has 0 amide bonds. The third-order valence-electron chi connectivity index (χ3n) is 4.27. The smallest absolute Gasteiger partial charge is 0.383 e. The van der Waals surface area contributed by atoms with Crippen molar-refractivity contribution in [3.05, 3.63) is 75.1 Å². The fourth-order valence-electron chi connectivity index (χ4n) is 2.99. The van der Waals surface area contributed by atoms with Crippen molar-refractivity contribution in [3.8, 4) is 5.69 Å². The highest BCUT2D eigenvalue weighted by atomic mass is 19.4. The number of alkyl halides is 3. The zero-order valence-electron chi connectivity index (χ0n) is 13.5. The Hall–Kier alpha value is -3.62. The van der Waals surface area contributed by atoms with Gasteiger partial charge in [0.2, 0.25) is 0 Å². The highest BCUT2D eigenvalue weighted by molar-refractivity contribution is 5.96. The van der Waals surface area contributed by atoms with E-state index in [0.29, 0.717) is 10.8 Å². The third-order valence-corrected chi connectivity index (χ3v) is 4.27. The van der Waals surface area contributed by atoms with Gasteiger partial charge in [0.25, 0.3) is 5.56 Å². The van der Waals surface area contributed by atoms with Crippen LogP contribution in [0.3, 0.4) is 0 Å². The minimum atomic E-state index is -4.61. The lowest BCUT2D eigenvalue weighted by atomic mass is 10.1. The van der Waals surface area contributed by atoms with Crippen LogP contribution in [0.5, 0.6) is 0 Å². The molecule has 0 radical (unpaired) electrons. The molecule has 27 heavy (non-hydrogen) atoms. The van der Waals surface area contributed by atoms with Gasteiger partial charge < -0.3 is 10.7 Å². The number of aromatic nitrogens is 3. The highest BCUT2D eigenvalue weighted by Gasteiger charge is 2.31. The maximum absolute atomic E-state index is 13.0. The first-order valence-corrected chi connectivity index (χ1v) is 7.77. The van der Waals surface area contributed by atoms with Gasteiger partial charge in [0.05, 0.1) is 28.4 Å². The van der Waals surface area contributed by atoms with E-state index in [1.165, 1.54) is 6.20 Å². The first-order valence-electron chi connectivity index (χ1n) is 7.77. The third kappa shape index (κ3) is 2.64. The van der Waals surface area contributed by atoms with Crippen LogP contribution >= 0.6 is 0 Å². The Balaban J connectivity index is 2.11. The van der Waals surface area contributed by atoms with Crippen molar-refractivity contribution >= 4 is 27.5 Å². The summed E-state index contributed by atoms with van der Waals surface area (Å²) in [6.07, 6.45) is -3.37. The van der Waals surface area contributed by atoms with Gasteiger partial charge in [0, 0.05) is 10.8 Å². The average Bonchev–Trinajstić information content (AvgIpc) is 2.62. The van der Waals surface area contributed by atoms with Crippen LogP contribution in [0.25, 0.3) is 27.4 Å². The number of nitrogens with zero attached hydrogens (tertiary/aromatic N) is 2. The molecule has 0 aliphatic rings. The first kappa shape index (κ1) is 16.8. The molecule has 2 heterocycles. The standard InChI is InChI=1S/C18H11F3N4O2/c19-18(20,21)9-5-6-13-12(7-9)16(26)25(17(27)24-13)14-8-23-15(22)11-4-2-1-3-10(11)14/h1-8H,(H2,22,23)(H,24,27). The number of anilines is 1. The molecular formula is C18H11F3N4O2. The van der Waals surface area contributed by atoms with E-state index in [2.05, 4.69) is 9.97 Å². The second-order valence-corrected chi connectivity index (χ2v) is 5.90. The van der Waals surface area contributed by atoms with E-state index in [0.717, 1.165) is 22.8 Å². The van der Waals surface area contributed by atoms with Gasteiger partial charge in [-0.2, -0.15) is 13.2 Å². The minimum absolute atomic E-state index is 0.0157. The number of pyridine rings is 1. The second kappa shape index (κ2) is 5.70. The molecule has 6 nitrogen and oxygen atoms in total. The van der Waals surface area contributed by atoms with Gasteiger partial charge in [0.1, 0.15) is 5.82 Å². The van der Waals surface area contributed by atoms with Gasteiger partial charge in [-0.05, 0) is 18.2 Å². The second-order valence-electron chi connectivity index (χ2n) is 5.90. The highest BCUT2D eigenvalue weighted by Crippen LogP contribution is 2.30. The molecule has 0 unspecified atom stereocenters. The monoisotopic (exact) mass is 372 g/mol. The summed E-state index contributed by atoms with van der Waals surface area (Å²) in [4.78, 5) is 31.8. The van der Waals surface area contributed by atoms with Crippen molar-refractivity contribution in [3.63, 3.8) is 0 Å². The summed E-state index contributed by atoms with van der Waals surface area (Å²) in [5, 5.41) is 0.736. The molecule has 0 aliphatic heterocycles. The number of nitrogen functional groups attached to an aromatic ring is 1. The lowest BCUT2D eigenvalue weighted by Crippen LogP contribution is -2.34. The largest absolute Gasteiger partial charge is 0.416 e. The summed E-state index contributed by atoms with van der Waals surface area (Å²) in [5.74, 6) is 0.207. The van der Waals surface area contributed by atoms with Crippen LogP contribution in [-0.2, 0) is 6.18 Å². The first-order chi connectivity index (χ1) is 12.8. The lowest BCUT2D eigenvalue weighted by molar-refractivity contribution is -0.137. The molecule has 0 saturated heterocycles. The van der Waals surface area contributed by atoms with Gasteiger partial charge in [-0.15, -0.1) is 0 Å². The maximum atomic E-state index is 13.0. The molecule has 0 atom stereocenters. The van der Waals surface area contributed by atoms with E-state index in [-0.39, 0.29) is 22.4 Å². The van der Waals surface area contributed by atoms with Crippen LogP contribution < -0.4 is 17.0 Å². The van der Waals surface area contributed by atoms with Crippen LogP contribution in [0.2, 0.25) is 0 Å². The van der Waals surface area contributed by atoms with Gasteiger partial charge in [-0.3, -0.25) is 4.79 Å². The summed E-state index contributed by atoms with van der Waals surface area (Å²) >= 11 is 0. The Morgan fingerprint density at radius 1 is 1.00 bits per heavy atom. The number of aromatic amines is 1. The fourth-order valence-corrected chi connectivity index (χ4v) is 2.99. The molecule has 0 saturated carbocycles. The van der Waals surface area contributed by atoms with Crippen molar-refractivity contribution in [1.82, 2.24) is 14.5 Å². The van der Waals surface area contributed by atoms with Crippen LogP contribution in [0.15, 0.2) is 58.3 Å². The Labute approximate surface area is 148 Å². The normalized spacial score (nSPS) is 12.0. The molecule has 136 valence electrons. The van der Waals surface area contributed by atoms with E-state index in [9.17, 15) is 22.8 Å². The van der Waals surface area contributed by atoms with Crippen LogP contribution in [0, 0.1) is 0 Å². The maximum Gasteiger partial charge on any atom is 0.416 e. The number of nitrogens with two attached hydrogens (primary N) is 1. The predicted octanol–water partition coefficient (Wildman–Crippen LogP) is 2.83. The summed E-state index contributed by atoms with van der Waals surface area (Å²) < 4.78 is 39.8. The number of hydrogen-bond donors (Lipinski definition) is 2. The summed E-state index contributed by atoms with van der Waals surface area (Å²) in [5.41, 5.74) is 3.33. The molecule has 2 aromatic carbocycles. The van der Waals surface area contributed by atoms with Crippen LogP contribution in [0.1, 0.15) is 5.56 Å². The number of rotatable bonds is 1.